The number of nitrogens with two attached hydrogens (primary N) is 1. The number of hydrogen-bond acceptors (Lipinski definition) is 9. The molecule has 0 bridgehead atoms. The summed E-state index contributed by atoms with van der Waals surface area (Å²) in [7, 11) is 1.47. The second kappa shape index (κ2) is 9.65. The highest BCUT2D eigenvalue weighted by Gasteiger charge is 2.24. The Bertz CT molecular complexity index is 1400. The molecule has 4 rings (SSSR count). The summed E-state index contributed by atoms with van der Waals surface area (Å²) >= 11 is 2.63. The molecule has 3 N–H and O–H groups in total. The van der Waals surface area contributed by atoms with Crippen LogP contribution in [-0.2, 0) is 30.7 Å². The molecule has 176 valence electrons. The van der Waals surface area contributed by atoms with Gasteiger partial charge in [-0.2, -0.15) is 0 Å². The number of thiophene rings is 1. The minimum absolute atomic E-state index is 0.0818. The Labute approximate surface area is 196 Å². The molecule has 0 atom stereocenters. The quantitative estimate of drug-likeness (QED) is 0.260. The van der Waals surface area contributed by atoms with Gasteiger partial charge < -0.3 is 10.5 Å². The number of hydrogen-bond donors (Lipinski definition) is 2. The number of fused-ring (bicyclic) bond motifs is 3. The number of methoxy groups -OCH3 is 1. The zero-order valence-electron chi connectivity index (χ0n) is 18.4. The smallest absolute Gasteiger partial charge is 0.330 e. The SMILES string of the molecule is CCCn1c(SCC(=O)c2c(N)n(CCOC)c(=O)[nH]c2=O)nc2sc3c(c2c1=O)CCC3. The Morgan fingerprint density at radius 3 is 2.76 bits per heavy atom. The first kappa shape index (κ1) is 23.5. The van der Waals surface area contributed by atoms with E-state index in [0.29, 0.717) is 21.9 Å². The van der Waals surface area contributed by atoms with Crippen molar-refractivity contribution in [3.05, 3.63) is 47.2 Å². The highest BCUT2D eigenvalue weighted by Crippen LogP contribution is 2.35. The lowest BCUT2D eigenvalue weighted by Gasteiger charge is -2.13. The molecule has 10 nitrogen and oxygen atoms in total. The Morgan fingerprint density at radius 1 is 1.24 bits per heavy atom. The number of aromatic nitrogens is 4. The maximum Gasteiger partial charge on any atom is 0.330 e. The van der Waals surface area contributed by atoms with Gasteiger partial charge in [-0.1, -0.05) is 18.7 Å². The molecule has 0 saturated heterocycles. The lowest BCUT2D eigenvalue weighted by atomic mass is 10.2. The lowest BCUT2D eigenvalue weighted by Crippen LogP contribution is -2.37. The monoisotopic (exact) mass is 491 g/mol. The van der Waals surface area contributed by atoms with Crippen LogP contribution < -0.4 is 22.5 Å². The molecule has 0 fully saturated rings. The summed E-state index contributed by atoms with van der Waals surface area (Å²) in [6, 6.07) is 0. The summed E-state index contributed by atoms with van der Waals surface area (Å²) < 4.78 is 7.67. The Morgan fingerprint density at radius 2 is 2.03 bits per heavy atom. The van der Waals surface area contributed by atoms with E-state index in [4.69, 9.17) is 15.5 Å². The molecule has 0 saturated carbocycles. The van der Waals surface area contributed by atoms with Crippen LogP contribution in [0.5, 0.6) is 0 Å². The van der Waals surface area contributed by atoms with Crippen LogP contribution in [0.25, 0.3) is 10.2 Å². The predicted octanol–water partition coefficient (Wildman–Crippen LogP) is 1.41. The van der Waals surface area contributed by atoms with E-state index in [0.717, 1.165) is 47.6 Å². The number of Topliss-reactive ketones (excluding diaryl/α,β-unsaturated/α-hetero) is 1. The zero-order valence-corrected chi connectivity index (χ0v) is 20.1. The summed E-state index contributed by atoms with van der Waals surface area (Å²) in [6.45, 7) is 2.74. The number of nitrogen functional groups attached to an aromatic ring is 1. The number of carbonyl (C=O) groups is 1. The van der Waals surface area contributed by atoms with E-state index in [1.54, 1.807) is 15.9 Å². The third kappa shape index (κ3) is 4.30. The summed E-state index contributed by atoms with van der Waals surface area (Å²) in [5, 5.41) is 1.13. The first-order valence-electron chi connectivity index (χ1n) is 10.7. The Balaban J connectivity index is 1.67. The van der Waals surface area contributed by atoms with Crippen molar-refractivity contribution in [1.29, 1.82) is 0 Å². The van der Waals surface area contributed by atoms with Gasteiger partial charge in [-0.05, 0) is 31.2 Å². The van der Waals surface area contributed by atoms with Gasteiger partial charge in [-0.3, -0.25) is 28.5 Å². The van der Waals surface area contributed by atoms with Crippen molar-refractivity contribution in [2.45, 2.75) is 50.9 Å². The highest BCUT2D eigenvalue weighted by molar-refractivity contribution is 7.99. The first-order chi connectivity index (χ1) is 15.9. The number of nitrogens with zero attached hydrogens (tertiary/aromatic N) is 3. The number of aryl methyl sites for hydroxylation is 2. The van der Waals surface area contributed by atoms with Gasteiger partial charge in [-0.25, -0.2) is 9.78 Å². The van der Waals surface area contributed by atoms with Crippen molar-refractivity contribution >= 4 is 44.9 Å². The zero-order chi connectivity index (χ0) is 23.7. The number of thioether (sulfide) groups is 1. The third-order valence-corrected chi connectivity index (χ3v) is 7.77. The first-order valence-corrected chi connectivity index (χ1v) is 12.5. The molecule has 3 aromatic heterocycles. The van der Waals surface area contributed by atoms with Gasteiger partial charge in [0.1, 0.15) is 16.2 Å². The van der Waals surface area contributed by atoms with Gasteiger partial charge in [0.25, 0.3) is 11.1 Å². The normalized spacial score (nSPS) is 13.0. The number of ketones is 1. The number of carbonyl (C=O) groups excluding carboxylic acids is 1. The number of nitrogens with one attached hydrogen (secondary N) is 1. The van der Waals surface area contributed by atoms with Crippen LogP contribution >= 0.6 is 23.1 Å². The number of rotatable bonds is 9. The second-order valence-corrected chi connectivity index (χ2v) is 9.79. The molecule has 1 aliphatic carbocycles. The van der Waals surface area contributed by atoms with Crippen molar-refractivity contribution in [3.8, 4) is 0 Å². The minimum atomic E-state index is -0.833. The molecular weight excluding hydrogens is 466 g/mol. The van der Waals surface area contributed by atoms with Gasteiger partial charge in [0, 0.05) is 18.5 Å². The maximum atomic E-state index is 13.3. The van der Waals surface area contributed by atoms with Crippen LogP contribution in [0.4, 0.5) is 5.82 Å². The maximum absolute atomic E-state index is 13.3. The van der Waals surface area contributed by atoms with Gasteiger partial charge in [0.15, 0.2) is 10.9 Å². The predicted molar refractivity (Wildman–Crippen MR) is 129 cm³/mol. The Kier molecular flexibility index (Phi) is 6.86. The topological polar surface area (TPSA) is 142 Å². The van der Waals surface area contributed by atoms with Crippen molar-refractivity contribution < 1.29 is 9.53 Å². The van der Waals surface area contributed by atoms with E-state index in [9.17, 15) is 19.2 Å². The van der Waals surface area contributed by atoms with Crippen LogP contribution in [0, 0.1) is 0 Å². The average molecular weight is 492 g/mol. The highest BCUT2D eigenvalue weighted by atomic mass is 32.2. The van der Waals surface area contributed by atoms with Gasteiger partial charge in [0.05, 0.1) is 24.3 Å². The number of H-pyrrole nitrogens is 1. The summed E-state index contributed by atoms with van der Waals surface area (Å²) in [5.41, 5.74) is 5.22. The third-order valence-electron chi connectivity index (χ3n) is 5.61. The van der Waals surface area contributed by atoms with Crippen LogP contribution in [0.15, 0.2) is 19.5 Å². The van der Waals surface area contributed by atoms with E-state index in [-0.39, 0.29) is 35.8 Å². The van der Waals surface area contributed by atoms with Gasteiger partial charge >= 0.3 is 5.69 Å². The Hall–Kier alpha value is -2.70. The molecule has 12 heteroatoms. The average Bonchev–Trinajstić information content (AvgIpc) is 3.35. The van der Waals surface area contributed by atoms with Gasteiger partial charge in [-0.15, -0.1) is 11.3 Å². The number of ether oxygens (including phenoxy) is 1. The van der Waals surface area contributed by atoms with E-state index in [1.807, 2.05) is 6.92 Å². The molecule has 0 radical (unpaired) electrons. The molecule has 0 amide bonds. The van der Waals surface area contributed by atoms with Crippen LogP contribution in [-0.4, -0.2) is 44.4 Å². The molecule has 0 unspecified atom stereocenters. The second-order valence-electron chi connectivity index (χ2n) is 7.76. The molecule has 3 heterocycles. The van der Waals surface area contributed by atoms with Gasteiger partial charge in [0.2, 0.25) is 0 Å². The standard InChI is InChI=1S/C21H25N5O5S2/c1-3-7-26-19(29)14-11-5-4-6-13(11)33-18(14)24-21(26)32-10-12(27)15-16(22)25(8-9-31-2)20(30)23-17(15)28/h3-10,22H2,1-2H3,(H,23,28,30). The van der Waals surface area contributed by atoms with Crippen molar-refractivity contribution in [1.82, 2.24) is 19.1 Å². The molecule has 0 spiro atoms. The fourth-order valence-corrected chi connectivity index (χ4v) is 6.25. The summed E-state index contributed by atoms with van der Waals surface area (Å²) in [4.78, 5) is 59.4. The lowest BCUT2D eigenvalue weighted by molar-refractivity contribution is 0.102. The number of aromatic amines is 1. The van der Waals surface area contributed by atoms with Crippen LogP contribution in [0.2, 0.25) is 0 Å². The van der Waals surface area contributed by atoms with Crippen molar-refractivity contribution in [3.63, 3.8) is 0 Å². The minimum Gasteiger partial charge on any atom is -0.384 e. The summed E-state index contributed by atoms with van der Waals surface area (Å²) in [5.74, 6) is -0.894. The molecular formula is C21H25N5O5S2. The van der Waals surface area contributed by atoms with E-state index < -0.39 is 17.0 Å². The number of anilines is 1. The molecule has 0 aliphatic heterocycles. The molecule has 0 aromatic carbocycles. The van der Waals surface area contributed by atoms with Crippen molar-refractivity contribution in [2.24, 2.45) is 0 Å². The fourth-order valence-electron chi connectivity index (χ4n) is 4.05. The molecule has 33 heavy (non-hydrogen) atoms. The fraction of sp³-hybridized carbons (Fsp3) is 0.476. The molecule has 1 aliphatic rings. The van der Waals surface area contributed by atoms with Crippen LogP contribution in [0.1, 0.15) is 40.6 Å². The molecule has 3 aromatic rings. The summed E-state index contributed by atoms with van der Waals surface area (Å²) in [6.07, 6.45) is 3.64. The largest absolute Gasteiger partial charge is 0.384 e. The van der Waals surface area contributed by atoms with E-state index >= 15 is 0 Å². The van der Waals surface area contributed by atoms with Crippen LogP contribution in [0.3, 0.4) is 0 Å². The van der Waals surface area contributed by atoms with E-state index in [1.165, 1.54) is 12.0 Å². The van der Waals surface area contributed by atoms with Crippen molar-refractivity contribution in [2.75, 3.05) is 25.2 Å². The van der Waals surface area contributed by atoms with E-state index in [2.05, 4.69) is 4.98 Å².